The van der Waals surface area contributed by atoms with E-state index in [2.05, 4.69) is 15.0 Å². The summed E-state index contributed by atoms with van der Waals surface area (Å²) in [7, 11) is 1.52. The number of nitrogens with zero attached hydrogens (tertiary/aromatic N) is 2. The molecule has 3 rings (SSSR count). The Morgan fingerprint density at radius 3 is 2.69 bits per heavy atom. The van der Waals surface area contributed by atoms with Crippen molar-refractivity contribution in [1.29, 1.82) is 0 Å². The molecule has 0 spiro atoms. The van der Waals surface area contributed by atoms with E-state index >= 15 is 0 Å². The quantitative estimate of drug-likeness (QED) is 0.642. The van der Waals surface area contributed by atoms with E-state index in [0.717, 1.165) is 5.56 Å². The van der Waals surface area contributed by atoms with Crippen LogP contribution in [0.25, 0.3) is 11.2 Å². The van der Waals surface area contributed by atoms with Crippen LogP contribution < -0.4 is 11.2 Å². The molecule has 1 aromatic carbocycles. The first kappa shape index (κ1) is 17.7. The summed E-state index contributed by atoms with van der Waals surface area (Å²) in [6.07, 6.45) is 0.836. The molecule has 26 heavy (non-hydrogen) atoms. The number of aromatic amines is 2. The van der Waals surface area contributed by atoms with Crippen molar-refractivity contribution < 1.29 is 9.53 Å². The highest BCUT2D eigenvalue weighted by molar-refractivity contribution is 5.71. The van der Waals surface area contributed by atoms with Crippen molar-refractivity contribution in [1.82, 2.24) is 19.5 Å². The zero-order valence-electron chi connectivity index (χ0n) is 14.6. The van der Waals surface area contributed by atoms with Gasteiger partial charge in [-0.25, -0.2) is 9.78 Å². The topological polar surface area (TPSA) is 110 Å². The molecule has 3 aromatic rings. The highest BCUT2D eigenvalue weighted by atomic mass is 16.5. The van der Waals surface area contributed by atoms with Crippen LogP contribution in [0.2, 0.25) is 0 Å². The summed E-state index contributed by atoms with van der Waals surface area (Å²) in [5.41, 5.74) is 0.522. The monoisotopic (exact) mass is 356 g/mol. The average Bonchev–Trinajstić information content (AvgIpc) is 3.04. The molecule has 0 saturated heterocycles. The van der Waals surface area contributed by atoms with Gasteiger partial charge in [0, 0.05) is 19.9 Å². The average molecular weight is 356 g/mol. The molecule has 0 aliphatic rings. The van der Waals surface area contributed by atoms with Gasteiger partial charge in [-0.15, -0.1) is 0 Å². The maximum atomic E-state index is 12.0. The Bertz CT molecular complexity index is 1030. The first-order chi connectivity index (χ1) is 12.4. The summed E-state index contributed by atoms with van der Waals surface area (Å²) in [4.78, 5) is 44.7. The minimum Gasteiger partial charge on any atom is -0.462 e. The number of carbonyl (C=O) groups is 1. The molecule has 0 unspecified atom stereocenters. The fourth-order valence-electron chi connectivity index (χ4n) is 2.76. The van der Waals surface area contributed by atoms with Crippen LogP contribution in [-0.4, -0.2) is 31.6 Å². The minimum absolute atomic E-state index is 0.130. The van der Waals surface area contributed by atoms with E-state index in [0.29, 0.717) is 18.7 Å². The highest BCUT2D eigenvalue weighted by Crippen LogP contribution is 2.09. The molecule has 136 valence electrons. The lowest BCUT2D eigenvalue weighted by atomic mass is 10.1. The number of aryl methyl sites for hydroxylation is 2. The standard InChI is InChI=1S/C18H20N4O4/c1-11(10-12-6-4-3-5-7-12)26-14(23)9-8-13-19-15-16(20-13)22(2)18(25)21-17(15)24/h3-7,11H,8-10H2,1-2H3,(H,19,20)(H,21,24,25)/t11-/m1/s1. The predicted molar refractivity (Wildman–Crippen MR) is 96.0 cm³/mol. The molecule has 0 fully saturated rings. The Hall–Kier alpha value is -3.16. The summed E-state index contributed by atoms with van der Waals surface area (Å²) in [6.45, 7) is 1.85. The molecular formula is C18H20N4O4. The van der Waals surface area contributed by atoms with E-state index in [4.69, 9.17) is 4.74 Å². The second-order valence-electron chi connectivity index (χ2n) is 6.19. The number of hydrogen-bond donors (Lipinski definition) is 2. The Balaban J connectivity index is 1.60. The molecule has 0 aliphatic carbocycles. The SMILES string of the molecule is C[C@H](Cc1ccccc1)OC(=O)CCc1nc2c([nH]1)c(=O)[nH]c(=O)n2C. The number of esters is 1. The van der Waals surface area contributed by atoms with E-state index in [1.165, 1.54) is 11.6 Å². The molecule has 8 heteroatoms. The summed E-state index contributed by atoms with van der Waals surface area (Å²) < 4.78 is 6.66. The third-order valence-electron chi connectivity index (χ3n) is 4.07. The van der Waals surface area contributed by atoms with Crippen molar-refractivity contribution in [3.05, 3.63) is 62.6 Å². The normalized spacial score (nSPS) is 12.2. The molecule has 0 bridgehead atoms. The van der Waals surface area contributed by atoms with Crippen LogP contribution in [0.4, 0.5) is 0 Å². The van der Waals surface area contributed by atoms with Crippen LogP contribution in [0.5, 0.6) is 0 Å². The van der Waals surface area contributed by atoms with Crippen molar-refractivity contribution in [2.45, 2.75) is 32.3 Å². The number of carbonyl (C=O) groups excluding carboxylic acids is 1. The van der Waals surface area contributed by atoms with Gasteiger partial charge >= 0.3 is 11.7 Å². The lowest BCUT2D eigenvalue weighted by Crippen LogP contribution is -2.28. The molecule has 0 saturated carbocycles. The number of hydrogen-bond acceptors (Lipinski definition) is 5. The third-order valence-corrected chi connectivity index (χ3v) is 4.07. The van der Waals surface area contributed by atoms with Gasteiger partial charge in [-0.05, 0) is 12.5 Å². The summed E-state index contributed by atoms with van der Waals surface area (Å²) in [6, 6.07) is 9.80. The van der Waals surface area contributed by atoms with Gasteiger partial charge in [0.1, 0.15) is 17.4 Å². The van der Waals surface area contributed by atoms with Crippen molar-refractivity contribution in [3.63, 3.8) is 0 Å². The second-order valence-corrected chi connectivity index (χ2v) is 6.19. The third kappa shape index (κ3) is 3.90. The predicted octanol–water partition coefficient (Wildman–Crippen LogP) is 1.06. The van der Waals surface area contributed by atoms with Gasteiger partial charge in [0.25, 0.3) is 5.56 Å². The van der Waals surface area contributed by atoms with Gasteiger partial charge in [0.2, 0.25) is 0 Å². The van der Waals surface area contributed by atoms with Gasteiger partial charge in [0.05, 0.1) is 6.42 Å². The molecule has 8 nitrogen and oxygen atoms in total. The fraction of sp³-hybridized carbons (Fsp3) is 0.333. The van der Waals surface area contributed by atoms with Gasteiger partial charge in [-0.1, -0.05) is 30.3 Å². The van der Waals surface area contributed by atoms with Gasteiger partial charge in [-0.3, -0.25) is 19.1 Å². The zero-order valence-corrected chi connectivity index (χ0v) is 14.6. The van der Waals surface area contributed by atoms with E-state index in [1.807, 2.05) is 37.3 Å². The number of rotatable bonds is 6. The first-order valence-electron chi connectivity index (χ1n) is 8.35. The summed E-state index contributed by atoms with van der Waals surface area (Å²) in [5, 5.41) is 0. The van der Waals surface area contributed by atoms with Crippen molar-refractivity contribution in [2.24, 2.45) is 7.05 Å². The van der Waals surface area contributed by atoms with Crippen LogP contribution >= 0.6 is 0 Å². The Labute approximate surface area is 148 Å². The smallest absolute Gasteiger partial charge is 0.329 e. The van der Waals surface area contributed by atoms with Crippen LogP contribution in [-0.2, 0) is 29.4 Å². The lowest BCUT2D eigenvalue weighted by molar-refractivity contribution is -0.148. The van der Waals surface area contributed by atoms with Crippen LogP contribution in [0, 0.1) is 0 Å². The summed E-state index contributed by atoms with van der Waals surface area (Å²) in [5.74, 6) is 0.121. The summed E-state index contributed by atoms with van der Waals surface area (Å²) >= 11 is 0. The molecule has 1 atom stereocenters. The number of ether oxygens (including phenoxy) is 1. The van der Waals surface area contributed by atoms with Crippen LogP contribution in [0.3, 0.4) is 0 Å². The number of benzene rings is 1. The van der Waals surface area contributed by atoms with E-state index < -0.39 is 11.2 Å². The first-order valence-corrected chi connectivity index (χ1v) is 8.35. The van der Waals surface area contributed by atoms with E-state index in [9.17, 15) is 14.4 Å². The maximum Gasteiger partial charge on any atom is 0.329 e. The van der Waals surface area contributed by atoms with E-state index in [-0.39, 0.29) is 29.7 Å². The van der Waals surface area contributed by atoms with Gasteiger partial charge < -0.3 is 9.72 Å². The Morgan fingerprint density at radius 1 is 1.23 bits per heavy atom. The number of fused-ring (bicyclic) bond motifs is 1. The number of imidazole rings is 1. The fourth-order valence-corrected chi connectivity index (χ4v) is 2.76. The minimum atomic E-state index is -0.533. The Morgan fingerprint density at radius 2 is 1.96 bits per heavy atom. The number of H-pyrrole nitrogens is 2. The Kier molecular flexibility index (Phi) is 5.01. The molecule has 2 heterocycles. The maximum absolute atomic E-state index is 12.0. The van der Waals surface area contributed by atoms with Crippen molar-refractivity contribution in [3.8, 4) is 0 Å². The van der Waals surface area contributed by atoms with Crippen LogP contribution in [0.1, 0.15) is 24.7 Å². The highest BCUT2D eigenvalue weighted by Gasteiger charge is 2.14. The molecule has 0 aliphatic heterocycles. The molecule has 0 radical (unpaired) electrons. The molecular weight excluding hydrogens is 336 g/mol. The van der Waals surface area contributed by atoms with Crippen LogP contribution in [0.15, 0.2) is 39.9 Å². The second kappa shape index (κ2) is 7.38. The number of aromatic nitrogens is 4. The molecule has 2 N–H and O–H groups in total. The number of nitrogens with one attached hydrogen (secondary N) is 2. The van der Waals surface area contributed by atoms with Crippen molar-refractivity contribution >= 4 is 17.1 Å². The zero-order chi connectivity index (χ0) is 18.7. The van der Waals surface area contributed by atoms with Crippen molar-refractivity contribution in [2.75, 3.05) is 0 Å². The molecule has 2 aromatic heterocycles. The van der Waals surface area contributed by atoms with Gasteiger partial charge in [-0.2, -0.15) is 0 Å². The largest absolute Gasteiger partial charge is 0.462 e. The van der Waals surface area contributed by atoms with Gasteiger partial charge in [0.15, 0.2) is 5.65 Å². The van der Waals surface area contributed by atoms with E-state index in [1.54, 1.807) is 0 Å². The molecule has 0 amide bonds. The lowest BCUT2D eigenvalue weighted by Gasteiger charge is -2.13.